The van der Waals surface area contributed by atoms with Crippen molar-refractivity contribution in [1.82, 2.24) is 0 Å². The number of ether oxygens (including phenoxy) is 1. The molecular weight excluding hydrogens is 427 g/mol. The summed E-state index contributed by atoms with van der Waals surface area (Å²) in [6, 6.07) is 0. The number of carbonyl (C=O) groups excluding carboxylic acids is 2. The van der Waals surface area contributed by atoms with Crippen LogP contribution in [-0.2, 0) is 14.3 Å². The molecule has 0 N–H and O–H groups in total. The number of Topliss-reactive ketones (excluding diaryl/α,β-unsaturated/α-hetero) is 1. The maximum atomic E-state index is 14.3. The number of thioether (sulfide) groups is 1. The fourth-order valence-corrected chi connectivity index (χ4v) is 4.18. The van der Waals surface area contributed by atoms with E-state index in [0.29, 0.717) is 0 Å². The molecule has 0 atom stereocenters. The van der Waals surface area contributed by atoms with Crippen LogP contribution in [0, 0.1) is 29.1 Å². The number of carbonyl (C=O) groups is 2. The molecule has 1 aromatic carbocycles. The van der Waals surface area contributed by atoms with Gasteiger partial charge in [-0.2, -0.15) is 0 Å². The van der Waals surface area contributed by atoms with Gasteiger partial charge in [0.25, 0.3) is 0 Å². The van der Waals surface area contributed by atoms with Gasteiger partial charge in [0.05, 0.1) is 4.90 Å². The first kappa shape index (κ1) is 22.4. The van der Waals surface area contributed by atoms with Gasteiger partial charge in [-0.05, 0) is 38.8 Å². The van der Waals surface area contributed by atoms with Crippen LogP contribution in [0.4, 0.5) is 22.0 Å². The summed E-state index contributed by atoms with van der Waals surface area (Å²) in [7, 11) is 0. The number of ketones is 1. The molecule has 10 heteroatoms. The Morgan fingerprint density at radius 1 is 0.893 bits per heavy atom. The van der Waals surface area contributed by atoms with Gasteiger partial charge in [-0.1, -0.05) is 11.8 Å². The molecule has 0 heterocycles. The highest BCUT2D eigenvalue weighted by molar-refractivity contribution is 8.01. The quantitative estimate of drug-likeness (QED) is 0.161. The van der Waals surface area contributed by atoms with E-state index >= 15 is 0 Å². The Hall–Kier alpha value is -1.87. The van der Waals surface area contributed by atoms with Crippen molar-refractivity contribution in [2.24, 2.45) is 0 Å². The van der Waals surface area contributed by atoms with Gasteiger partial charge < -0.3 is 4.74 Å². The number of hydrogen-bond donors (Lipinski definition) is 0. The average Bonchev–Trinajstić information content (AvgIpc) is 2.69. The van der Waals surface area contributed by atoms with Crippen molar-refractivity contribution >= 4 is 35.1 Å². The predicted octanol–water partition coefficient (Wildman–Crippen LogP) is 5.21. The molecule has 1 aliphatic rings. The molecule has 3 nitrogen and oxygen atoms in total. The zero-order chi connectivity index (χ0) is 21.5. The molecule has 0 fully saturated rings. The fourth-order valence-electron chi connectivity index (χ4n) is 2.73. The second-order valence-electron chi connectivity index (χ2n) is 6.05. The van der Waals surface area contributed by atoms with E-state index in [1.807, 2.05) is 0 Å². The third-order valence-electron chi connectivity index (χ3n) is 4.58. The SMILES string of the molecule is CC1=C(C)C(OC(=O)CCl)(Sc2c(F)c(F)c(F)c(F)c2F)C(C)=C(C)C1=O. The lowest BCUT2D eigenvalue weighted by Gasteiger charge is -2.39. The topological polar surface area (TPSA) is 43.4 Å². The minimum Gasteiger partial charge on any atom is -0.438 e. The minimum absolute atomic E-state index is 0.0769. The summed E-state index contributed by atoms with van der Waals surface area (Å²) in [4.78, 5) is 21.0. The van der Waals surface area contributed by atoms with Crippen molar-refractivity contribution in [1.29, 1.82) is 0 Å². The van der Waals surface area contributed by atoms with Crippen LogP contribution in [0.25, 0.3) is 0 Å². The van der Waals surface area contributed by atoms with Crippen LogP contribution in [0.5, 0.6) is 0 Å². The van der Waals surface area contributed by atoms with Gasteiger partial charge >= 0.3 is 5.97 Å². The van der Waals surface area contributed by atoms with Crippen molar-refractivity contribution < 1.29 is 36.3 Å². The maximum Gasteiger partial charge on any atom is 0.322 e. The van der Waals surface area contributed by atoms with Crippen LogP contribution in [0.3, 0.4) is 0 Å². The van der Waals surface area contributed by atoms with Crippen LogP contribution < -0.4 is 0 Å². The number of allylic oxidation sites excluding steroid dienone is 2. The van der Waals surface area contributed by atoms with Crippen LogP contribution in [0.1, 0.15) is 27.7 Å². The highest BCUT2D eigenvalue weighted by atomic mass is 35.5. The average molecular weight is 441 g/mol. The summed E-state index contributed by atoms with van der Waals surface area (Å²) in [5.74, 6) is -12.8. The lowest BCUT2D eigenvalue weighted by molar-refractivity contribution is -0.144. The zero-order valence-corrected chi connectivity index (χ0v) is 16.7. The van der Waals surface area contributed by atoms with E-state index in [-0.39, 0.29) is 34.1 Å². The molecule has 1 aromatic rings. The molecule has 0 bridgehead atoms. The van der Waals surface area contributed by atoms with Crippen LogP contribution >= 0.6 is 23.4 Å². The van der Waals surface area contributed by atoms with Crippen molar-refractivity contribution in [2.75, 3.05) is 5.88 Å². The third kappa shape index (κ3) is 3.34. The number of esters is 1. The van der Waals surface area contributed by atoms with Crippen LogP contribution in [0.2, 0.25) is 0 Å². The van der Waals surface area contributed by atoms with Gasteiger partial charge in [-0.3, -0.25) is 9.59 Å². The smallest absolute Gasteiger partial charge is 0.322 e. The Morgan fingerprint density at radius 2 is 1.29 bits per heavy atom. The molecule has 0 saturated heterocycles. The molecule has 0 spiro atoms. The minimum atomic E-state index is -2.31. The maximum absolute atomic E-state index is 14.3. The van der Waals surface area contributed by atoms with Gasteiger partial charge in [0.15, 0.2) is 29.1 Å². The lowest BCUT2D eigenvalue weighted by atomic mass is 9.85. The fraction of sp³-hybridized carbons (Fsp3) is 0.333. The normalized spacial score (nSPS) is 16.7. The Bertz CT molecular complexity index is 898. The van der Waals surface area contributed by atoms with Gasteiger partial charge in [0.2, 0.25) is 10.8 Å². The molecule has 28 heavy (non-hydrogen) atoms. The monoisotopic (exact) mass is 440 g/mol. The summed E-state index contributed by atoms with van der Waals surface area (Å²) in [5.41, 5.74) is 0.379. The molecule has 1 aliphatic carbocycles. The van der Waals surface area contributed by atoms with Crippen LogP contribution in [0.15, 0.2) is 27.2 Å². The van der Waals surface area contributed by atoms with E-state index < -0.39 is 56.5 Å². The van der Waals surface area contributed by atoms with Gasteiger partial charge in [-0.15, -0.1) is 11.6 Å². The van der Waals surface area contributed by atoms with Gasteiger partial charge in [0.1, 0.15) is 5.88 Å². The van der Waals surface area contributed by atoms with Crippen molar-refractivity contribution in [3.8, 4) is 0 Å². The first-order chi connectivity index (χ1) is 12.9. The summed E-state index contributed by atoms with van der Waals surface area (Å²) in [5, 5.41) is 0. The highest BCUT2D eigenvalue weighted by Gasteiger charge is 2.47. The number of rotatable bonds is 4. The van der Waals surface area contributed by atoms with Crippen molar-refractivity contribution in [3.63, 3.8) is 0 Å². The molecule has 0 aliphatic heterocycles. The van der Waals surface area contributed by atoms with E-state index in [1.165, 1.54) is 27.7 Å². The van der Waals surface area contributed by atoms with E-state index in [4.69, 9.17) is 16.3 Å². The highest BCUT2D eigenvalue weighted by Crippen LogP contribution is 2.51. The molecule has 2 rings (SSSR count). The Kier molecular flexibility index (Phi) is 6.30. The van der Waals surface area contributed by atoms with Crippen molar-refractivity contribution in [3.05, 3.63) is 51.4 Å². The van der Waals surface area contributed by atoms with E-state index in [0.717, 1.165) is 0 Å². The predicted molar refractivity (Wildman–Crippen MR) is 93.4 cm³/mol. The second kappa shape index (κ2) is 7.87. The summed E-state index contributed by atoms with van der Waals surface area (Å²) in [6.07, 6.45) is 0. The van der Waals surface area contributed by atoms with E-state index in [9.17, 15) is 31.5 Å². The number of benzene rings is 1. The molecule has 0 radical (unpaired) electrons. The molecule has 0 unspecified atom stereocenters. The van der Waals surface area contributed by atoms with Crippen LogP contribution in [-0.4, -0.2) is 22.6 Å². The number of hydrogen-bond acceptors (Lipinski definition) is 4. The zero-order valence-electron chi connectivity index (χ0n) is 15.1. The first-order valence-corrected chi connectivity index (χ1v) is 9.14. The summed E-state index contributed by atoms with van der Waals surface area (Å²) < 4.78 is 74.5. The molecule has 152 valence electrons. The molecule has 0 saturated carbocycles. The third-order valence-corrected chi connectivity index (χ3v) is 6.34. The Balaban J connectivity index is 2.82. The lowest BCUT2D eigenvalue weighted by Crippen LogP contribution is -2.40. The van der Waals surface area contributed by atoms with E-state index in [2.05, 4.69) is 0 Å². The Labute approximate surface area is 166 Å². The number of halogens is 6. The van der Waals surface area contributed by atoms with Gasteiger partial charge in [0, 0.05) is 11.1 Å². The van der Waals surface area contributed by atoms with E-state index in [1.54, 1.807) is 0 Å². The van der Waals surface area contributed by atoms with Gasteiger partial charge in [-0.25, -0.2) is 22.0 Å². The first-order valence-electron chi connectivity index (χ1n) is 7.79. The molecule has 0 amide bonds. The molecular formula is C18H14ClF5O3S. The standard InChI is InChI=1S/C18H14ClF5O3S/c1-6-8(3)18(27-10(25)5-19,9(4)7(2)16(6)26)28-17-14(23)12(21)11(20)13(22)15(17)24/h5H2,1-4H3. The van der Waals surface area contributed by atoms with Crippen molar-refractivity contribution in [2.45, 2.75) is 37.5 Å². The Morgan fingerprint density at radius 3 is 1.68 bits per heavy atom. The summed E-state index contributed by atoms with van der Waals surface area (Å²) >= 11 is 5.57. The largest absolute Gasteiger partial charge is 0.438 e. The second-order valence-corrected chi connectivity index (χ2v) is 7.51. The number of alkyl halides is 1. The molecule has 0 aromatic heterocycles. The summed E-state index contributed by atoms with van der Waals surface area (Å²) in [6.45, 7) is 5.53.